The third kappa shape index (κ3) is 2.16. The Morgan fingerprint density at radius 1 is 1.32 bits per heavy atom. The van der Waals surface area contributed by atoms with Crippen LogP contribution in [0.1, 0.15) is 24.5 Å². The molecular weight excluding hydrogens is 272 g/mol. The fourth-order valence-corrected chi connectivity index (χ4v) is 4.29. The first-order chi connectivity index (χ1) is 10.8. The summed E-state index contributed by atoms with van der Waals surface area (Å²) >= 11 is 0. The maximum atomic E-state index is 11.0. The van der Waals surface area contributed by atoms with Crippen molar-refractivity contribution in [1.29, 1.82) is 0 Å². The number of rotatable bonds is 3. The Bertz CT molecular complexity index is 693. The highest BCUT2D eigenvalue weighted by Gasteiger charge is 2.42. The van der Waals surface area contributed by atoms with Crippen LogP contribution >= 0.6 is 0 Å². The molecule has 3 fully saturated rings. The summed E-state index contributed by atoms with van der Waals surface area (Å²) in [4.78, 5) is 6.86. The summed E-state index contributed by atoms with van der Waals surface area (Å²) in [5.41, 5.74) is 1.97. The second-order valence-corrected chi connectivity index (χ2v) is 6.61. The first kappa shape index (κ1) is 13.9. The first-order valence-corrected chi connectivity index (χ1v) is 8.16. The first-order valence-electron chi connectivity index (χ1n) is 8.16. The van der Waals surface area contributed by atoms with Crippen molar-refractivity contribution in [3.63, 3.8) is 0 Å². The smallest absolute Gasteiger partial charge is 0.0952 e. The molecule has 3 unspecified atom stereocenters. The van der Waals surface area contributed by atoms with E-state index < -0.39 is 6.10 Å². The van der Waals surface area contributed by atoms with Gasteiger partial charge in [-0.2, -0.15) is 0 Å². The minimum absolute atomic E-state index is 0.223. The van der Waals surface area contributed by atoms with E-state index in [9.17, 15) is 5.11 Å². The summed E-state index contributed by atoms with van der Waals surface area (Å²) in [7, 11) is 0. The zero-order valence-corrected chi connectivity index (χ0v) is 12.7. The molecule has 3 saturated heterocycles. The van der Waals surface area contributed by atoms with E-state index in [2.05, 4.69) is 28.6 Å². The van der Waals surface area contributed by atoms with E-state index in [1.165, 1.54) is 6.42 Å². The van der Waals surface area contributed by atoms with E-state index in [1.54, 1.807) is 0 Å². The number of aliphatic hydroxyl groups excluding tert-OH is 1. The summed E-state index contributed by atoms with van der Waals surface area (Å²) in [5.74, 6) is 1.27. The third-order valence-corrected chi connectivity index (χ3v) is 5.52. The average molecular weight is 294 g/mol. The molecule has 0 amide bonds. The van der Waals surface area contributed by atoms with Crippen LogP contribution < -0.4 is 0 Å². The number of hydrogen-bond acceptors (Lipinski definition) is 3. The highest BCUT2D eigenvalue weighted by Crippen LogP contribution is 2.41. The van der Waals surface area contributed by atoms with E-state index in [0.29, 0.717) is 11.8 Å². The highest BCUT2D eigenvalue weighted by molar-refractivity contribution is 5.82. The van der Waals surface area contributed by atoms with Gasteiger partial charge >= 0.3 is 0 Å². The molecule has 114 valence electrons. The summed E-state index contributed by atoms with van der Waals surface area (Å²) in [5, 5.41) is 12.1. The number of benzene rings is 1. The van der Waals surface area contributed by atoms with Crippen LogP contribution in [-0.2, 0) is 0 Å². The molecular formula is C19H22N2O. The number of hydrogen-bond donors (Lipinski definition) is 1. The Labute approximate surface area is 131 Å². The molecule has 3 heteroatoms. The standard InChI is InChI=1S/C19H22N2O/c1-2-13-12-21-10-8-14(13)11-18(21)19(22)16-7-9-20-17-6-4-3-5-15(16)17/h2-7,9,13-14,18-19,22H,1,8,10-12H2/t13?,14-,18?,19+/m0/s1. The summed E-state index contributed by atoms with van der Waals surface area (Å²) in [6, 6.07) is 10.3. The van der Waals surface area contributed by atoms with Gasteiger partial charge in [0, 0.05) is 24.2 Å². The number of aromatic nitrogens is 1. The monoisotopic (exact) mass is 294 g/mol. The van der Waals surface area contributed by atoms with E-state index in [-0.39, 0.29) is 6.04 Å². The Balaban J connectivity index is 1.67. The number of para-hydroxylation sites is 1. The molecule has 1 N–H and O–H groups in total. The molecule has 1 aromatic heterocycles. The average Bonchev–Trinajstić information content (AvgIpc) is 2.60. The number of piperidine rings is 3. The normalized spacial score (nSPS) is 32.0. The molecule has 5 atom stereocenters. The molecule has 3 nitrogen and oxygen atoms in total. The minimum atomic E-state index is -0.443. The Hall–Kier alpha value is -1.71. The van der Waals surface area contributed by atoms with Crippen LogP contribution in [0.15, 0.2) is 49.2 Å². The lowest BCUT2D eigenvalue weighted by Gasteiger charge is -2.50. The van der Waals surface area contributed by atoms with Crippen LogP contribution in [0.3, 0.4) is 0 Å². The van der Waals surface area contributed by atoms with Gasteiger partial charge in [-0.3, -0.25) is 9.88 Å². The molecule has 0 saturated carbocycles. The minimum Gasteiger partial charge on any atom is -0.387 e. The summed E-state index contributed by atoms with van der Waals surface area (Å²) in [6.45, 7) is 6.11. The Morgan fingerprint density at radius 3 is 2.95 bits per heavy atom. The van der Waals surface area contributed by atoms with Crippen molar-refractivity contribution in [1.82, 2.24) is 9.88 Å². The van der Waals surface area contributed by atoms with Gasteiger partial charge in [0.15, 0.2) is 0 Å². The second-order valence-electron chi connectivity index (χ2n) is 6.61. The zero-order valence-electron chi connectivity index (χ0n) is 12.7. The number of aliphatic hydroxyl groups is 1. The van der Waals surface area contributed by atoms with Gasteiger partial charge < -0.3 is 5.11 Å². The van der Waals surface area contributed by atoms with E-state index in [1.807, 2.05) is 30.5 Å². The van der Waals surface area contributed by atoms with Crippen molar-refractivity contribution >= 4 is 10.9 Å². The van der Waals surface area contributed by atoms with Crippen LogP contribution in [0.4, 0.5) is 0 Å². The largest absolute Gasteiger partial charge is 0.387 e. The number of nitrogens with zero attached hydrogens (tertiary/aromatic N) is 2. The quantitative estimate of drug-likeness (QED) is 0.883. The van der Waals surface area contributed by atoms with Gasteiger partial charge in [-0.15, -0.1) is 6.58 Å². The van der Waals surface area contributed by atoms with Crippen LogP contribution in [0, 0.1) is 11.8 Å². The molecule has 0 radical (unpaired) electrons. The second kappa shape index (κ2) is 5.49. The predicted octanol–water partition coefficient (Wildman–Crippen LogP) is 3.16. The lowest BCUT2D eigenvalue weighted by atomic mass is 9.73. The number of fused-ring (bicyclic) bond motifs is 4. The van der Waals surface area contributed by atoms with E-state index in [4.69, 9.17) is 0 Å². The van der Waals surface area contributed by atoms with Gasteiger partial charge in [-0.1, -0.05) is 24.3 Å². The van der Waals surface area contributed by atoms with Gasteiger partial charge in [0.25, 0.3) is 0 Å². The molecule has 5 rings (SSSR count). The van der Waals surface area contributed by atoms with Crippen LogP contribution in [0.2, 0.25) is 0 Å². The van der Waals surface area contributed by atoms with Crippen molar-refractivity contribution < 1.29 is 5.11 Å². The third-order valence-electron chi connectivity index (χ3n) is 5.52. The molecule has 4 heterocycles. The Morgan fingerprint density at radius 2 is 2.18 bits per heavy atom. The van der Waals surface area contributed by atoms with Gasteiger partial charge in [-0.05, 0) is 48.9 Å². The topological polar surface area (TPSA) is 36.4 Å². The van der Waals surface area contributed by atoms with Gasteiger partial charge in [0.05, 0.1) is 11.6 Å². The van der Waals surface area contributed by atoms with Crippen LogP contribution in [0.25, 0.3) is 10.9 Å². The SMILES string of the molecule is C=CC1CN2CC[C@H]1CC2[C@H](O)c1ccnc2ccccc12. The highest BCUT2D eigenvalue weighted by atomic mass is 16.3. The van der Waals surface area contributed by atoms with Gasteiger partial charge in [-0.25, -0.2) is 0 Å². The molecule has 3 aliphatic heterocycles. The molecule has 1 aromatic carbocycles. The van der Waals surface area contributed by atoms with Gasteiger partial charge in [0.2, 0.25) is 0 Å². The molecule has 2 aromatic rings. The number of pyridine rings is 1. The van der Waals surface area contributed by atoms with E-state index in [0.717, 1.165) is 36.0 Å². The van der Waals surface area contributed by atoms with Crippen molar-refractivity contribution in [3.05, 3.63) is 54.7 Å². The lowest BCUT2D eigenvalue weighted by molar-refractivity contribution is -0.0444. The van der Waals surface area contributed by atoms with Gasteiger partial charge in [0.1, 0.15) is 0 Å². The van der Waals surface area contributed by atoms with E-state index >= 15 is 0 Å². The van der Waals surface area contributed by atoms with Crippen molar-refractivity contribution in [2.24, 2.45) is 11.8 Å². The molecule has 3 aliphatic rings. The predicted molar refractivity (Wildman–Crippen MR) is 88.5 cm³/mol. The molecule has 2 bridgehead atoms. The lowest BCUT2D eigenvalue weighted by Crippen LogP contribution is -2.54. The maximum Gasteiger partial charge on any atom is 0.0952 e. The van der Waals surface area contributed by atoms with Crippen LogP contribution in [-0.4, -0.2) is 34.1 Å². The van der Waals surface area contributed by atoms with Crippen molar-refractivity contribution in [3.8, 4) is 0 Å². The molecule has 0 aliphatic carbocycles. The fraction of sp³-hybridized carbons (Fsp3) is 0.421. The maximum absolute atomic E-state index is 11.0. The summed E-state index contributed by atoms with van der Waals surface area (Å²) < 4.78 is 0. The molecule has 0 spiro atoms. The Kier molecular flexibility index (Phi) is 3.47. The van der Waals surface area contributed by atoms with Crippen molar-refractivity contribution in [2.45, 2.75) is 25.0 Å². The fourth-order valence-electron chi connectivity index (χ4n) is 4.29. The summed E-state index contributed by atoms with van der Waals surface area (Å²) in [6.07, 6.45) is 5.76. The zero-order chi connectivity index (χ0) is 15.1. The van der Waals surface area contributed by atoms with Crippen molar-refractivity contribution in [2.75, 3.05) is 13.1 Å². The van der Waals surface area contributed by atoms with Crippen LogP contribution in [0.5, 0.6) is 0 Å². The molecule has 22 heavy (non-hydrogen) atoms.